The number of nitrogens with zero attached hydrogens (tertiary/aromatic N) is 1. The van der Waals surface area contributed by atoms with Gasteiger partial charge in [0.15, 0.2) is 0 Å². The molecule has 1 aliphatic carbocycles. The Bertz CT molecular complexity index is 912. The second kappa shape index (κ2) is 7.44. The van der Waals surface area contributed by atoms with Crippen molar-refractivity contribution in [3.05, 3.63) is 64.1 Å². The zero-order valence-corrected chi connectivity index (χ0v) is 16.0. The highest BCUT2D eigenvalue weighted by Gasteiger charge is 2.33. The predicted molar refractivity (Wildman–Crippen MR) is 96.7 cm³/mol. The lowest BCUT2D eigenvalue weighted by Crippen LogP contribution is -2.32. The van der Waals surface area contributed by atoms with Crippen LogP contribution in [-0.4, -0.2) is 31.0 Å². The van der Waals surface area contributed by atoms with E-state index >= 15 is 0 Å². The van der Waals surface area contributed by atoms with Crippen LogP contribution in [0.25, 0.3) is 0 Å². The molecular weight excluding hydrogens is 428 g/mol. The van der Waals surface area contributed by atoms with Crippen LogP contribution in [-0.2, 0) is 16.4 Å². The van der Waals surface area contributed by atoms with Crippen LogP contribution in [0.15, 0.2) is 57.9 Å². The number of amides is 1. The SMILES string of the molecule is O=C(c1ccc(S(=O)(=O)C(F)F)cc1)N(Cc1cccc(Br)c1)C1CC1. The van der Waals surface area contributed by atoms with Gasteiger partial charge >= 0.3 is 5.76 Å². The smallest absolute Gasteiger partial charge is 0.331 e. The molecule has 2 aromatic carbocycles. The maximum Gasteiger partial charge on any atom is 0.341 e. The number of hydrogen-bond acceptors (Lipinski definition) is 3. The number of carbonyl (C=O) groups is 1. The van der Waals surface area contributed by atoms with Gasteiger partial charge in [0.05, 0.1) is 4.90 Å². The fourth-order valence-corrected chi connectivity index (χ4v) is 3.81. The maximum atomic E-state index is 12.8. The summed E-state index contributed by atoms with van der Waals surface area (Å²) in [7, 11) is -4.66. The normalized spacial score (nSPS) is 14.5. The van der Waals surface area contributed by atoms with Crippen molar-refractivity contribution in [3.63, 3.8) is 0 Å². The van der Waals surface area contributed by atoms with E-state index in [1.165, 1.54) is 12.1 Å². The molecule has 8 heteroatoms. The molecule has 1 saturated carbocycles. The Kier molecular flexibility index (Phi) is 5.43. The van der Waals surface area contributed by atoms with Crippen molar-refractivity contribution < 1.29 is 22.0 Å². The van der Waals surface area contributed by atoms with Gasteiger partial charge in [-0.2, -0.15) is 8.78 Å². The van der Waals surface area contributed by atoms with Crippen LogP contribution >= 0.6 is 15.9 Å². The van der Waals surface area contributed by atoms with E-state index in [9.17, 15) is 22.0 Å². The van der Waals surface area contributed by atoms with Gasteiger partial charge in [0.2, 0.25) is 9.84 Å². The summed E-state index contributed by atoms with van der Waals surface area (Å²) in [6, 6.07) is 12.5. The summed E-state index contributed by atoms with van der Waals surface area (Å²) in [4.78, 5) is 14.1. The molecule has 1 amide bonds. The summed E-state index contributed by atoms with van der Waals surface area (Å²) < 4.78 is 49.1. The molecule has 0 unspecified atom stereocenters. The van der Waals surface area contributed by atoms with Gasteiger partial charge in [0.1, 0.15) is 0 Å². The van der Waals surface area contributed by atoms with Crippen molar-refractivity contribution in [2.45, 2.75) is 36.1 Å². The minimum Gasteiger partial charge on any atom is -0.331 e. The van der Waals surface area contributed by atoms with Crippen LogP contribution in [0.4, 0.5) is 8.78 Å². The zero-order valence-electron chi connectivity index (χ0n) is 13.6. The molecule has 4 nitrogen and oxygen atoms in total. The number of hydrogen-bond donors (Lipinski definition) is 0. The molecular formula is C18H16BrF2NO3S. The average molecular weight is 444 g/mol. The lowest BCUT2D eigenvalue weighted by atomic mass is 10.1. The topological polar surface area (TPSA) is 54.5 Å². The van der Waals surface area contributed by atoms with Crippen molar-refractivity contribution in [1.29, 1.82) is 0 Å². The summed E-state index contributed by atoms with van der Waals surface area (Å²) in [5.41, 5.74) is 1.25. The molecule has 1 fully saturated rings. The van der Waals surface area contributed by atoms with E-state index in [0.29, 0.717) is 6.54 Å². The molecule has 0 bridgehead atoms. The first-order valence-electron chi connectivity index (χ1n) is 7.96. The van der Waals surface area contributed by atoms with Gasteiger partial charge in [-0.15, -0.1) is 0 Å². The third-order valence-corrected chi connectivity index (χ3v) is 6.05. The van der Waals surface area contributed by atoms with Gasteiger partial charge < -0.3 is 4.90 Å². The number of halogens is 3. The first-order valence-corrected chi connectivity index (χ1v) is 10.3. The Balaban J connectivity index is 1.82. The van der Waals surface area contributed by atoms with E-state index in [4.69, 9.17) is 0 Å². The largest absolute Gasteiger partial charge is 0.341 e. The monoisotopic (exact) mass is 443 g/mol. The average Bonchev–Trinajstić information content (AvgIpc) is 3.44. The Morgan fingerprint density at radius 2 is 1.81 bits per heavy atom. The molecule has 0 N–H and O–H groups in total. The van der Waals surface area contributed by atoms with Gasteiger partial charge in [0.25, 0.3) is 5.91 Å². The van der Waals surface area contributed by atoms with Crippen LogP contribution in [0.5, 0.6) is 0 Å². The molecule has 0 spiro atoms. The van der Waals surface area contributed by atoms with E-state index < -0.39 is 20.5 Å². The van der Waals surface area contributed by atoms with Gasteiger partial charge in [-0.3, -0.25) is 4.79 Å². The second-order valence-electron chi connectivity index (χ2n) is 6.12. The highest BCUT2D eigenvalue weighted by atomic mass is 79.9. The summed E-state index contributed by atoms with van der Waals surface area (Å²) in [5, 5.41) is 0. The van der Waals surface area contributed by atoms with Crippen molar-refractivity contribution in [2.75, 3.05) is 0 Å². The second-order valence-corrected chi connectivity index (χ2v) is 8.96. The molecule has 0 heterocycles. The fraction of sp³-hybridized carbons (Fsp3) is 0.278. The van der Waals surface area contributed by atoms with Gasteiger partial charge in [-0.25, -0.2) is 8.42 Å². The van der Waals surface area contributed by atoms with E-state index in [0.717, 1.165) is 35.0 Å². The molecule has 0 radical (unpaired) electrons. The van der Waals surface area contributed by atoms with E-state index in [2.05, 4.69) is 15.9 Å². The molecule has 26 heavy (non-hydrogen) atoms. The predicted octanol–water partition coefficient (Wildman–Crippen LogP) is 4.25. The van der Waals surface area contributed by atoms with Crippen LogP contribution in [0.3, 0.4) is 0 Å². The van der Waals surface area contributed by atoms with Crippen molar-refractivity contribution >= 4 is 31.7 Å². The quantitative estimate of drug-likeness (QED) is 0.670. The van der Waals surface area contributed by atoms with Crippen molar-refractivity contribution in [2.24, 2.45) is 0 Å². The summed E-state index contributed by atoms with van der Waals surface area (Å²) >= 11 is 3.40. The number of alkyl halides is 2. The lowest BCUT2D eigenvalue weighted by molar-refractivity contribution is 0.0730. The minimum atomic E-state index is -4.66. The maximum absolute atomic E-state index is 12.8. The van der Waals surface area contributed by atoms with Crippen molar-refractivity contribution in [3.8, 4) is 0 Å². The van der Waals surface area contributed by atoms with Gasteiger partial charge in [-0.1, -0.05) is 28.1 Å². The Morgan fingerprint density at radius 3 is 2.35 bits per heavy atom. The zero-order chi connectivity index (χ0) is 18.9. The summed E-state index contributed by atoms with van der Waals surface area (Å²) in [5.74, 6) is -3.72. The van der Waals surface area contributed by atoms with E-state index in [-0.39, 0.29) is 17.5 Å². The highest BCUT2D eigenvalue weighted by molar-refractivity contribution is 9.10. The van der Waals surface area contributed by atoms with Gasteiger partial charge in [-0.05, 0) is 54.8 Å². The third-order valence-electron chi connectivity index (χ3n) is 4.15. The van der Waals surface area contributed by atoms with Crippen molar-refractivity contribution in [1.82, 2.24) is 4.90 Å². The highest BCUT2D eigenvalue weighted by Crippen LogP contribution is 2.30. The number of benzene rings is 2. The fourth-order valence-electron chi connectivity index (χ4n) is 2.64. The molecule has 0 aromatic heterocycles. The van der Waals surface area contributed by atoms with E-state index in [1.54, 1.807) is 4.90 Å². The Hall–Kier alpha value is -1.80. The van der Waals surface area contributed by atoms with Crippen LogP contribution in [0.2, 0.25) is 0 Å². The van der Waals surface area contributed by atoms with Crippen LogP contribution in [0, 0.1) is 0 Å². The number of sulfone groups is 1. The van der Waals surface area contributed by atoms with Crippen LogP contribution in [0.1, 0.15) is 28.8 Å². The molecule has 0 aliphatic heterocycles. The van der Waals surface area contributed by atoms with Gasteiger partial charge in [0, 0.05) is 22.6 Å². The Morgan fingerprint density at radius 1 is 1.15 bits per heavy atom. The Labute approximate surface area is 158 Å². The number of rotatable bonds is 6. The molecule has 0 saturated heterocycles. The minimum absolute atomic E-state index is 0.144. The van der Waals surface area contributed by atoms with E-state index in [1.807, 2.05) is 24.3 Å². The first-order chi connectivity index (χ1) is 12.3. The molecule has 0 atom stereocenters. The molecule has 2 aromatic rings. The molecule has 138 valence electrons. The molecule has 1 aliphatic rings. The van der Waals surface area contributed by atoms with Crippen LogP contribution < -0.4 is 0 Å². The first kappa shape index (κ1) is 19.0. The standard InChI is InChI=1S/C18H16BrF2NO3S/c19-14-3-1-2-12(10-14)11-22(15-6-7-15)17(23)13-4-8-16(9-5-13)26(24,25)18(20)21/h1-5,8-10,15,18H,6-7,11H2. The summed E-state index contributed by atoms with van der Waals surface area (Å²) in [6.07, 6.45) is 1.83. The third kappa shape index (κ3) is 4.12. The summed E-state index contributed by atoms with van der Waals surface area (Å²) in [6.45, 7) is 0.431. The lowest BCUT2D eigenvalue weighted by Gasteiger charge is -2.23. The number of carbonyl (C=O) groups excluding carboxylic acids is 1. The molecule has 3 rings (SSSR count).